The van der Waals surface area contributed by atoms with Gasteiger partial charge >= 0.3 is 0 Å². The SMILES string of the molecule is Cl.O=[N+]([O-])c1ccc2c(-c3cccnc3)n[nH]c2c1. The van der Waals surface area contributed by atoms with Gasteiger partial charge in [0.1, 0.15) is 5.69 Å². The molecule has 19 heavy (non-hydrogen) atoms. The van der Waals surface area contributed by atoms with Crippen molar-refractivity contribution in [1.29, 1.82) is 0 Å². The Bertz CT molecular complexity index is 727. The van der Waals surface area contributed by atoms with Crippen LogP contribution in [0.25, 0.3) is 22.2 Å². The highest BCUT2D eigenvalue weighted by atomic mass is 35.5. The van der Waals surface area contributed by atoms with E-state index in [-0.39, 0.29) is 18.1 Å². The molecule has 0 aliphatic heterocycles. The van der Waals surface area contributed by atoms with Crippen molar-refractivity contribution in [3.63, 3.8) is 0 Å². The summed E-state index contributed by atoms with van der Waals surface area (Å²) in [6, 6.07) is 8.35. The van der Waals surface area contributed by atoms with E-state index in [4.69, 9.17) is 0 Å². The van der Waals surface area contributed by atoms with E-state index in [2.05, 4.69) is 15.2 Å². The van der Waals surface area contributed by atoms with Gasteiger partial charge in [-0.3, -0.25) is 20.2 Å². The lowest BCUT2D eigenvalue weighted by atomic mass is 10.1. The van der Waals surface area contributed by atoms with Crippen LogP contribution in [-0.2, 0) is 0 Å². The van der Waals surface area contributed by atoms with E-state index in [1.165, 1.54) is 12.1 Å². The highest BCUT2D eigenvalue weighted by molar-refractivity contribution is 5.93. The standard InChI is InChI=1S/C12H8N4O2.ClH/c17-16(18)9-3-4-10-11(6-9)14-15-12(10)8-2-1-5-13-7-8;/h1-7H,(H,14,15);1H. The molecule has 0 saturated heterocycles. The Kier molecular flexibility index (Phi) is 3.43. The van der Waals surface area contributed by atoms with Gasteiger partial charge in [0.25, 0.3) is 5.69 Å². The average Bonchev–Trinajstić information content (AvgIpc) is 2.82. The van der Waals surface area contributed by atoms with Crippen molar-refractivity contribution in [2.75, 3.05) is 0 Å². The van der Waals surface area contributed by atoms with E-state index >= 15 is 0 Å². The Morgan fingerprint density at radius 2 is 2.11 bits per heavy atom. The Morgan fingerprint density at radius 3 is 2.79 bits per heavy atom. The number of nitrogens with zero attached hydrogens (tertiary/aromatic N) is 3. The number of aromatic amines is 1. The second-order valence-corrected chi connectivity index (χ2v) is 3.80. The third-order valence-corrected chi connectivity index (χ3v) is 2.69. The van der Waals surface area contributed by atoms with E-state index in [1.807, 2.05) is 12.1 Å². The van der Waals surface area contributed by atoms with Crippen molar-refractivity contribution in [2.24, 2.45) is 0 Å². The molecular formula is C12H9ClN4O2. The molecule has 0 spiro atoms. The Labute approximate surface area is 114 Å². The van der Waals surface area contributed by atoms with E-state index in [0.717, 1.165) is 16.6 Å². The number of pyridine rings is 1. The molecule has 7 heteroatoms. The zero-order valence-corrected chi connectivity index (χ0v) is 10.4. The summed E-state index contributed by atoms with van der Waals surface area (Å²) in [4.78, 5) is 14.3. The lowest BCUT2D eigenvalue weighted by Gasteiger charge is -1.96. The summed E-state index contributed by atoms with van der Waals surface area (Å²) < 4.78 is 0. The average molecular weight is 277 g/mol. The van der Waals surface area contributed by atoms with Crippen molar-refractivity contribution < 1.29 is 4.92 Å². The molecule has 1 aromatic carbocycles. The summed E-state index contributed by atoms with van der Waals surface area (Å²) in [5, 5.41) is 18.5. The number of hydrogen-bond donors (Lipinski definition) is 1. The Morgan fingerprint density at radius 1 is 1.26 bits per heavy atom. The summed E-state index contributed by atoms with van der Waals surface area (Å²) in [6.45, 7) is 0. The number of nitro groups is 1. The smallest absolute Gasteiger partial charge is 0.271 e. The number of benzene rings is 1. The van der Waals surface area contributed by atoms with Gasteiger partial charge in [-0.15, -0.1) is 12.4 Å². The van der Waals surface area contributed by atoms with Crippen LogP contribution in [0.3, 0.4) is 0 Å². The maximum absolute atomic E-state index is 10.7. The molecule has 1 N–H and O–H groups in total. The molecule has 0 unspecified atom stereocenters. The molecule has 0 radical (unpaired) electrons. The number of nitrogens with one attached hydrogen (secondary N) is 1. The quantitative estimate of drug-likeness (QED) is 0.576. The number of fused-ring (bicyclic) bond motifs is 1. The van der Waals surface area contributed by atoms with Crippen LogP contribution in [0.15, 0.2) is 42.7 Å². The molecule has 2 aromatic heterocycles. The Balaban J connectivity index is 0.00000133. The van der Waals surface area contributed by atoms with Crippen LogP contribution in [0, 0.1) is 10.1 Å². The maximum Gasteiger partial charge on any atom is 0.271 e. The van der Waals surface area contributed by atoms with Crippen LogP contribution in [-0.4, -0.2) is 20.1 Å². The van der Waals surface area contributed by atoms with Gasteiger partial charge in [0.2, 0.25) is 0 Å². The van der Waals surface area contributed by atoms with Gasteiger partial charge in [-0.1, -0.05) is 0 Å². The first-order valence-corrected chi connectivity index (χ1v) is 5.28. The molecule has 0 aliphatic rings. The summed E-state index contributed by atoms with van der Waals surface area (Å²) in [6.07, 6.45) is 3.39. The van der Waals surface area contributed by atoms with Gasteiger partial charge in [-0.2, -0.15) is 5.10 Å². The molecule has 0 bridgehead atoms. The summed E-state index contributed by atoms with van der Waals surface area (Å²) >= 11 is 0. The molecule has 96 valence electrons. The van der Waals surface area contributed by atoms with E-state index in [1.54, 1.807) is 18.5 Å². The van der Waals surface area contributed by atoms with Crippen LogP contribution >= 0.6 is 12.4 Å². The minimum absolute atomic E-state index is 0. The molecule has 0 atom stereocenters. The monoisotopic (exact) mass is 276 g/mol. The first-order valence-electron chi connectivity index (χ1n) is 5.28. The number of nitro benzene ring substituents is 1. The molecular weight excluding hydrogens is 268 g/mol. The van der Waals surface area contributed by atoms with Gasteiger partial charge in [0.15, 0.2) is 0 Å². The van der Waals surface area contributed by atoms with Crippen molar-refractivity contribution >= 4 is 29.0 Å². The lowest BCUT2D eigenvalue weighted by molar-refractivity contribution is -0.384. The fourth-order valence-corrected chi connectivity index (χ4v) is 1.84. The van der Waals surface area contributed by atoms with E-state index < -0.39 is 4.92 Å². The Hall–Kier alpha value is -2.47. The third-order valence-electron chi connectivity index (χ3n) is 2.69. The maximum atomic E-state index is 10.7. The number of non-ortho nitro benzene ring substituents is 1. The summed E-state index contributed by atoms with van der Waals surface area (Å²) in [7, 11) is 0. The zero-order valence-electron chi connectivity index (χ0n) is 9.61. The fraction of sp³-hybridized carbons (Fsp3) is 0. The summed E-state index contributed by atoms with van der Waals surface area (Å²) in [5.41, 5.74) is 2.30. The number of hydrogen-bond acceptors (Lipinski definition) is 4. The van der Waals surface area contributed by atoms with Gasteiger partial charge in [-0.25, -0.2) is 0 Å². The van der Waals surface area contributed by atoms with Gasteiger partial charge in [0, 0.05) is 35.5 Å². The predicted molar refractivity (Wildman–Crippen MR) is 73.2 cm³/mol. The highest BCUT2D eigenvalue weighted by Crippen LogP contribution is 2.27. The van der Waals surface area contributed by atoms with Crippen molar-refractivity contribution in [3.05, 3.63) is 52.8 Å². The van der Waals surface area contributed by atoms with Crippen LogP contribution in [0.2, 0.25) is 0 Å². The van der Waals surface area contributed by atoms with Crippen LogP contribution in [0.1, 0.15) is 0 Å². The second-order valence-electron chi connectivity index (χ2n) is 3.80. The lowest BCUT2D eigenvalue weighted by Crippen LogP contribution is -1.86. The number of halogens is 1. The molecule has 3 aromatic rings. The number of rotatable bonds is 2. The van der Waals surface area contributed by atoms with E-state index in [0.29, 0.717) is 5.52 Å². The predicted octanol–water partition coefficient (Wildman–Crippen LogP) is 2.95. The van der Waals surface area contributed by atoms with E-state index in [9.17, 15) is 10.1 Å². The summed E-state index contributed by atoms with van der Waals surface area (Å²) in [5.74, 6) is 0. The highest BCUT2D eigenvalue weighted by Gasteiger charge is 2.12. The first-order chi connectivity index (χ1) is 8.75. The van der Waals surface area contributed by atoms with Crippen LogP contribution in [0.4, 0.5) is 5.69 Å². The minimum Gasteiger partial charge on any atom is -0.277 e. The van der Waals surface area contributed by atoms with Gasteiger partial charge < -0.3 is 0 Å². The number of aromatic nitrogens is 3. The molecule has 0 amide bonds. The number of H-pyrrole nitrogens is 1. The van der Waals surface area contributed by atoms with Crippen molar-refractivity contribution in [3.8, 4) is 11.3 Å². The van der Waals surface area contributed by atoms with Gasteiger partial charge in [0.05, 0.1) is 10.4 Å². The van der Waals surface area contributed by atoms with Crippen LogP contribution < -0.4 is 0 Å². The zero-order chi connectivity index (χ0) is 12.5. The molecule has 0 aliphatic carbocycles. The molecule has 0 saturated carbocycles. The largest absolute Gasteiger partial charge is 0.277 e. The fourth-order valence-electron chi connectivity index (χ4n) is 1.84. The second kappa shape index (κ2) is 5.03. The topological polar surface area (TPSA) is 84.7 Å². The first kappa shape index (κ1) is 13.0. The molecule has 0 fully saturated rings. The third kappa shape index (κ3) is 2.25. The van der Waals surface area contributed by atoms with Crippen LogP contribution in [0.5, 0.6) is 0 Å². The molecule has 6 nitrogen and oxygen atoms in total. The van der Waals surface area contributed by atoms with Crippen molar-refractivity contribution in [1.82, 2.24) is 15.2 Å². The minimum atomic E-state index is -0.427. The molecule has 3 rings (SSSR count). The van der Waals surface area contributed by atoms with Crippen molar-refractivity contribution in [2.45, 2.75) is 0 Å². The van der Waals surface area contributed by atoms with Gasteiger partial charge in [-0.05, 0) is 18.2 Å². The normalized spacial score (nSPS) is 10.1. The molecule has 2 heterocycles.